The molecule has 1 fully saturated rings. The van der Waals surface area contributed by atoms with Crippen molar-refractivity contribution in [1.82, 2.24) is 20.4 Å². The zero-order valence-corrected chi connectivity index (χ0v) is 22.1. The fourth-order valence-corrected chi connectivity index (χ4v) is 3.94. The molecule has 7 nitrogen and oxygen atoms in total. The van der Waals surface area contributed by atoms with E-state index in [9.17, 15) is 9.59 Å². The fourth-order valence-electron chi connectivity index (χ4n) is 3.94. The molecule has 180 valence electrons. The van der Waals surface area contributed by atoms with E-state index in [1.54, 1.807) is 0 Å². The molecule has 1 aliphatic rings. The van der Waals surface area contributed by atoms with E-state index in [0.29, 0.717) is 31.4 Å². The van der Waals surface area contributed by atoms with Gasteiger partial charge in [-0.1, -0.05) is 30.3 Å². The number of benzene rings is 1. The number of aliphatic imine (C=N–C) groups is 1. The topological polar surface area (TPSA) is 77.0 Å². The first-order chi connectivity index (χ1) is 15.1. The van der Waals surface area contributed by atoms with Gasteiger partial charge in [-0.15, -0.1) is 24.0 Å². The van der Waals surface area contributed by atoms with Crippen LogP contribution in [0, 0.1) is 5.92 Å². The number of carbonyl (C=O) groups is 2. The summed E-state index contributed by atoms with van der Waals surface area (Å²) in [5, 5.41) is 6.32. The summed E-state index contributed by atoms with van der Waals surface area (Å²) >= 11 is 0. The van der Waals surface area contributed by atoms with Crippen molar-refractivity contribution in [2.24, 2.45) is 10.9 Å². The largest absolute Gasteiger partial charge is 0.357 e. The highest BCUT2D eigenvalue weighted by Crippen LogP contribution is 2.21. The third-order valence-electron chi connectivity index (χ3n) is 5.80. The van der Waals surface area contributed by atoms with Crippen molar-refractivity contribution in [2.45, 2.75) is 46.5 Å². The van der Waals surface area contributed by atoms with Crippen LogP contribution < -0.4 is 10.6 Å². The van der Waals surface area contributed by atoms with Crippen LogP contribution in [-0.2, 0) is 16.0 Å². The maximum absolute atomic E-state index is 12.6. The molecule has 0 bridgehead atoms. The van der Waals surface area contributed by atoms with Gasteiger partial charge in [0.2, 0.25) is 11.8 Å². The van der Waals surface area contributed by atoms with E-state index in [0.717, 1.165) is 45.4 Å². The van der Waals surface area contributed by atoms with Crippen molar-refractivity contribution in [3.63, 3.8) is 0 Å². The molecule has 1 aliphatic heterocycles. The van der Waals surface area contributed by atoms with E-state index in [-0.39, 0.29) is 42.3 Å². The minimum atomic E-state index is 0. The lowest BCUT2D eigenvalue weighted by Crippen LogP contribution is -2.42. The number of likely N-dealkylation sites (tertiary alicyclic amines) is 1. The van der Waals surface area contributed by atoms with Crippen LogP contribution in [0.15, 0.2) is 35.3 Å². The first-order valence-corrected chi connectivity index (χ1v) is 11.7. The third kappa shape index (κ3) is 9.75. The third-order valence-corrected chi connectivity index (χ3v) is 5.80. The average Bonchev–Trinajstić information content (AvgIpc) is 2.79. The standard InChI is InChI=1S/C24H39N5O2.HI/c1-4-25-24(26-15-12-22(30)28(5-2)6-3)27-19-23(31)29-16-13-21(14-17-29)18-20-10-8-7-9-11-20;/h7-11,21H,4-6,12-19H2,1-3H3,(H2,25,26,27);1H. The summed E-state index contributed by atoms with van der Waals surface area (Å²) in [5.41, 5.74) is 1.37. The highest BCUT2D eigenvalue weighted by Gasteiger charge is 2.22. The molecule has 0 radical (unpaired) electrons. The number of carbonyl (C=O) groups excluding carboxylic acids is 2. The van der Waals surface area contributed by atoms with Crippen LogP contribution in [0.5, 0.6) is 0 Å². The molecule has 2 amide bonds. The van der Waals surface area contributed by atoms with Gasteiger partial charge in [0.25, 0.3) is 0 Å². The molecule has 0 aromatic heterocycles. The van der Waals surface area contributed by atoms with Crippen molar-refractivity contribution < 1.29 is 9.59 Å². The van der Waals surface area contributed by atoms with Crippen molar-refractivity contribution in [1.29, 1.82) is 0 Å². The van der Waals surface area contributed by atoms with Crippen LogP contribution in [0.2, 0.25) is 0 Å². The summed E-state index contributed by atoms with van der Waals surface area (Å²) in [6.45, 7) is 10.3. The molecule has 1 aromatic rings. The summed E-state index contributed by atoms with van der Waals surface area (Å²) in [7, 11) is 0. The second-order valence-corrected chi connectivity index (χ2v) is 7.95. The van der Waals surface area contributed by atoms with Crippen LogP contribution in [-0.4, -0.2) is 73.4 Å². The Morgan fingerprint density at radius 1 is 1.06 bits per heavy atom. The summed E-state index contributed by atoms with van der Waals surface area (Å²) in [4.78, 5) is 32.9. The van der Waals surface area contributed by atoms with Gasteiger partial charge in [-0.05, 0) is 51.5 Å². The highest BCUT2D eigenvalue weighted by atomic mass is 127. The Balaban J connectivity index is 0.00000512. The molecule has 0 aliphatic carbocycles. The molecule has 0 spiro atoms. The molecule has 0 saturated carbocycles. The lowest BCUT2D eigenvalue weighted by atomic mass is 9.90. The second-order valence-electron chi connectivity index (χ2n) is 7.95. The monoisotopic (exact) mass is 557 g/mol. The van der Waals surface area contributed by atoms with E-state index in [2.05, 4.69) is 39.9 Å². The summed E-state index contributed by atoms with van der Waals surface area (Å²) in [6.07, 6.45) is 3.57. The van der Waals surface area contributed by atoms with E-state index >= 15 is 0 Å². The predicted octanol–water partition coefficient (Wildman–Crippen LogP) is 2.90. The lowest BCUT2D eigenvalue weighted by molar-refractivity contribution is -0.131. The number of piperidine rings is 1. The minimum Gasteiger partial charge on any atom is -0.357 e. The van der Waals surface area contributed by atoms with Crippen LogP contribution in [0.3, 0.4) is 0 Å². The van der Waals surface area contributed by atoms with Gasteiger partial charge >= 0.3 is 0 Å². The van der Waals surface area contributed by atoms with Gasteiger partial charge in [0.1, 0.15) is 6.54 Å². The van der Waals surface area contributed by atoms with Crippen LogP contribution >= 0.6 is 24.0 Å². The predicted molar refractivity (Wildman–Crippen MR) is 141 cm³/mol. The van der Waals surface area contributed by atoms with E-state index in [4.69, 9.17) is 0 Å². The molecule has 32 heavy (non-hydrogen) atoms. The van der Waals surface area contributed by atoms with Crippen LogP contribution in [0.1, 0.15) is 45.6 Å². The fraction of sp³-hybridized carbons (Fsp3) is 0.625. The minimum absolute atomic E-state index is 0. The van der Waals surface area contributed by atoms with Crippen molar-refractivity contribution >= 4 is 41.8 Å². The molecule has 0 atom stereocenters. The molecule has 1 aromatic carbocycles. The van der Waals surface area contributed by atoms with Gasteiger partial charge < -0.3 is 20.4 Å². The first kappa shape index (κ1) is 28.2. The maximum Gasteiger partial charge on any atom is 0.244 e. The molecule has 2 rings (SSSR count). The number of hydrogen-bond donors (Lipinski definition) is 2. The Labute approximate surface area is 210 Å². The smallest absolute Gasteiger partial charge is 0.244 e. The Morgan fingerprint density at radius 2 is 1.72 bits per heavy atom. The zero-order valence-electron chi connectivity index (χ0n) is 19.8. The van der Waals surface area contributed by atoms with E-state index in [1.165, 1.54) is 5.56 Å². The summed E-state index contributed by atoms with van der Waals surface area (Å²) < 4.78 is 0. The zero-order chi connectivity index (χ0) is 22.5. The number of rotatable bonds is 10. The van der Waals surface area contributed by atoms with Gasteiger partial charge in [0.15, 0.2) is 5.96 Å². The first-order valence-electron chi connectivity index (χ1n) is 11.7. The molecular formula is C24H40IN5O2. The van der Waals surface area contributed by atoms with Crippen LogP contribution in [0.4, 0.5) is 0 Å². The SMILES string of the molecule is CCNC(=NCC(=O)N1CCC(Cc2ccccc2)CC1)NCCC(=O)N(CC)CC.I. The molecule has 1 heterocycles. The van der Waals surface area contributed by atoms with Gasteiger partial charge in [-0.2, -0.15) is 0 Å². The van der Waals surface area contributed by atoms with Gasteiger partial charge in [0.05, 0.1) is 0 Å². The van der Waals surface area contributed by atoms with Gasteiger partial charge in [-0.3, -0.25) is 9.59 Å². The lowest BCUT2D eigenvalue weighted by Gasteiger charge is -2.32. The molecule has 1 saturated heterocycles. The normalized spacial score (nSPS) is 14.5. The Hall–Kier alpha value is -1.84. The maximum atomic E-state index is 12.6. The van der Waals surface area contributed by atoms with Gasteiger partial charge in [-0.25, -0.2) is 4.99 Å². The number of hydrogen-bond acceptors (Lipinski definition) is 3. The number of nitrogens with zero attached hydrogens (tertiary/aromatic N) is 3. The summed E-state index contributed by atoms with van der Waals surface area (Å²) in [5.74, 6) is 1.41. The Morgan fingerprint density at radius 3 is 2.31 bits per heavy atom. The van der Waals surface area contributed by atoms with E-state index < -0.39 is 0 Å². The number of nitrogens with one attached hydrogen (secondary N) is 2. The number of halogens is 1. The average molecular weight is 558 g/mol. The summed E-state index contributed by atoms with van der Waals surface area (Å²) in [6, 6.07) is 10.6. The second kappa shape index (κ2) is 15.9. The number of amides is 2. The Kier molecular flexibility index (Phi) is 14.0. The van der Waals surface area contributed by atoms with Crippen molar-refractivity contribution in [3.05, 3.63) is 35.9 Å². The van der Waals surface area contributed by atoms with Crippen LogP contribution in [0.25, 0.3) is 0 Å². The van der Waals surface area contributed by atoms with Crippen molar-refractivity contribution in [3.8, 4) is 0 Å². The molecule has 2 N–H and O–H groups in total. The number of guanidine groups is 1. The molecular weight excluding hydrogens is 517 g/mol. The molecule has 8 heteroatoms. The Bertz CT molecular complexity index is 702. The quantitative estimate of drug-likeness (QED) is 0.264. The van der Waals surface area contributed by atoms with Crippen molar-refractivity contribution in [2.75, 3.05) is 45.8 Å². The van der Waals surface area contributed by atoms with Gasteiger partial charge in [0, 0.05) is 45.7 Å². The molecule has 0 unspecified atom stereocenters. The van der Waals surface area contributed by atoms with E-state index in [1.807, 2.05) is 36.6 Å². The highest BCUT2D eigenvalue weighted by molar-refractivity contribution is 14.0.